The number of unbranched alkanes of at least 4 members (excludes halogenated alkanes) is 2. The minimum Gasteiger partial charge on any atom is -0.385 e. The molecule has 6 heteroatoms. The zero-order chi connectivity index (χ0) is 16.9. The van der Waals surface area contributed by atoms with E-state index in [1.54, 1.807) is 13.8 Å². The third kappa shape index (κ3) is 5.04. The molecule has 0 saturated heterocycles. The number of carbonyl (C=O) groups is 1. The molecule has 0 aliphatic heterocycles. The highest BCUT2D eigenvalue weighted by atomic mass is 32.2. The summed E-state index contributed by atoms with van der Waals surface area (Å²) in [7, 11) is -3.14. The van der Waals surface area contributed by atoms with Crippen molar-refractivity contribution < 1.29 is 13.2 Å². The van der Waals surface area contributed by atoms with E-state index in [4.69, 9.17) is 0 Å². The summed E-state index contributed by atoms with van der Waals surface area (Å²) in [5.41, 5.74) is 3.06. The van der Waals surface area contributed by atoms with Gasteiger partial charge in [-0.3, -0.25) is 4.79 Å². The molecular weight excluding hydrogens is 312 g/mol. The molecular formula is C17H26N2O3S. The maximum absolute atomic E-state index is 11.6. The van der Waals surface area contributed by atoms with Gasteiger partial charge in [0.2, 0.25) is 10.0 Å². The van der Waals surface area contributed by atoms with E-state index in [1.807, 2.05) is 12.1 Å². The van der Waals surface area contributed by atoms with Crippen molar-refractivity contribution in [2.24, 2.45) is 0 Å². The molecule has 0 heterocycles. The average Bonchev–Trinajstić information content (AvgIpc) is 2.87. The molecule has 1 aliphatic rings. The van der Waals surface area contributed by atoms with Crippen LogP contribution in [-0.2, 0) is 16.4 Å². The van der Waals surface area contributed by atoms with Crippen LogP contribution in [0.4, 0.5) is 5.69 Å². The van der Waals surface area contributed by atoms with Crippen molar-refractivity contribution in [3.8, 4) is 0 Å². The van der Waals surface area contributed by atoms with Gasteiger partial charge in [0.1, 0.15) is 0 Å². The Bertz CT molecular complexity index is 654. The van der Waals surface area contributed by atoms with Crippen molar-refractivity contribution in [1.29, 1.82) is 0 Å². The zero-order valence-corrected chi connectivity index (χ0v) is 14.7. The van der Waals surface area contributed by atoms with Gasteiger partial charge in [-0.2, -0.15) is 0 Å². The zero-order valence-electron chi connectivity index (χ0n) is 13.9. The first kappa shape index (κ1) is 17.9. The Labute approximate surface area is 138 Å². The summed E-state index contributed by atoms with van der Waals surface area (Å²) in [4.78, 5) is 11.6. The van der Waals surface area contributed by atoms with Crippen LogP contribution in [0.15, 0.2) is 18.2 Å². The van der Waals surface area contributed by atoms with Crippen LogP contribution < -0.4 is 10.0 Å². The minimum absolute atomic E-state index is 0.246. The molecule has 0 bridgehead atoms. The Morgan fingerprint density at radius 1 is 1.09 bits per heavy atom. The maximum Gasteiger partial charge on any atom is 0.213 e. The van der Waals surface area contributed by atoms with Crippen LogP contribution in [0.3, 0.4) is 0 Å². The van der Waals surface area contributed by atoms with Gasteiger partial charge in [0, 0.05) is 30.8 Å². The summed E-state index contributed by atoms with van der Waals surface area (Å²) in [5, 5.41) is 2.99. The molecule has 0 unspecified atom stereocenters. The molecule has 0 amide bonds. The van der Waals surface area contributed by atoms with E-state index in [1.165, 1.54) is 0 Å². The van der Waals surface area contributed by atoms with Crippen LogP contribution in [-0.4, -0.2) is 32.5 Å². The molecule has 0 radical (unpaired) electrons. The van der Waals surface area contributed by atoms with E-state index in [9.17, 15) is 13.2 Å². The van der Waals surface area contributed by atoms with E-state index in [0.717, 1.165) is 49.0 Å². The number of nitrogens with one attached hydrogen (secondary N) is 2. The van der Waals surface area contributed by atoms with E-state index in [0.29, 0.717) is 13.0 Å². The van der Waals surface area contributed by atoms with Crippen molar-refractivity contribution in [3.05, 3.63) is 29.3 Å². The number of Topliss-reactive ketones (excluding diaryl/α,β-unsaturated/α-hetero) is 1. The fourth-order valence-electron chi connectivity index (χ4n) is 2.61. The Kier molecular flexibility index (Phi) is 6.18. The summed E-state index contributed by atoms with van der Waals surface area (Å²) in [6.45, 7) is 4.71. The predicted octanol–water partition coefficient (Wildman–Crippen LogP) is 2.73. The van der Waals surface area contributed by atoms with Gasteiger partial charge < -0.3 is 5.32 Å². The number of fused-ring (bicyclic) bond motifs is 1. The van der Waals surface area contributed by atoms with Gasteiger partial charge in [-0.1, -0.05) is 6.42 Å². The van der Waals surface area contributed by atoms with Crippen LogP contribution in [0.2, 0.25) is 0 Å². The number of anilines is 1. The van der Waals surface area contributed by atoms with Crippen molar-refractivity contribution in [3.63, 3.8) is 0 Å². The predicted molar refractivity (Wildman–Crippen MR) is 93.5 cm³/mol. The minimum atomic E-state index is -3.14. The number of hydrogen-bond donors (Lipinski definition) is 2. The normalized spacial score (nSPS) is 14.3. The first-order chi connectivity index (χ1) is 10.9. The van der Waals surface area contributed by atoms with Crippen LogP contribution in [0.25, 0.3) is 0 Å². The molecule has 2 rings (SSSR count). The molecule has 1 aromatic carbocycles. The van der Waals surface area contributed by atoms with Crippen molar-refractivity contribution in [2.75, 3.05) is 18.4 Å². The summed E-state index contributed by atoms with van der Waals surface area (Å²) in [6.07, 6.45) is 4.27. The summed E-state index contributed by atoms with van der Waals surface area (Å²) in [5.74, 6) is 0.246. The first-order valence-corrected chi connectivity index (χ1v) is 9.83. The van der Waals surface area contributed by atoms with Crippen molar-refractivity contribution in [2.45, 2.75) is 51.2 Å². The van der Waals surface area contributed by atoms with Gasteiger partial charge in [-0.05, 0) is 56.9 Å². The molecule has 0 spiro atoms. The van der Waals surface area contributed by atoms with Crippen LogP contribution in [0, 0.1) is 0 Å². The van der Waals surface area contributed by atoms with Gasteiger partial charge in [-0.15, -0.1) is 0 Å². The van der Waals surface area contributed by atoms with E-state index < -0.39 is 10.0 Å². The van der Waals surface area contributed by atoms with Crippen molar-refractivity contribution >= 4 is 21.5 Å². The van der Waals surface area contributed by atoms with Crippen LogP contribution in [0.1, 0.15) is 55.5 Å². The number of hydrogen-bond acceptors (Lipinski definition) is 4. The topological polar surface area (TPSA) is 75.3 Å². The second kappa shape index (κ2) is 7.93. The highest BCUT2D eigenvalue weighted by Crippen LogP contribution is 2.24. The third-order valence-electron chi connectivity index (χ3n) is 4.13. The number of aryl methyl sites for hydroxylation is 1. The monoisotopic (exact) mass is 338 g/mol. The molecule has 2 N–H and O–H groups in total. The van der Waals surface area contributed by atoms with Gasteiger partial charge >= 0.3 is 0 Å². The number of ketones is 1. The molecule has 0 atom stereocenters. The summed E-state index contributed by atoms with van der Waals surface area (Å²) < 4.78 is 25.8. The molecule has 23 heavy (non-hydrogen) atoms. The van der Waals surface area contributed by atoms with E-state index in [2.05, 4.69) is 16.1 Å². The summed E-state index contributed by atoms with van der Waals surface area (Å²) in [6, 6.07) is 5.93. The number of carbonyl (C=O) groups excluding carboxylic acids is 1. The van der Waals surface area contributed by atoms with Crippen LogP contribution >= 0.6 is 0 Å². The largest absolute Gasteiger partial charge is 0.385 e. The molecule has 128 valence electrons. The first-order valence-electron chi connectivity index (χ1n) is 8.28. The van der Waals surface area contributed by atoms with Crippen LogP contribution in [0.5, 0.6) is 0 Å². The lowest BCUT2D eigenvalue weighted by molar-refractivity contribution is 0.0994. The Morgan fingerprint density at radius 3 is 2.57 bits per heavy atom. The van der Waals surface area contributed by atoms with Crippen molar-refractivity contribution in [1.82, 2.24) is 4.72 Å². The molecule has 0 aromatic heterocycles. The number of rotatable bonds is 9. The van der Waals surface area contributed by atoms with Gasteiger partial charge in [0.15, 0.2) is 5.78 Å². The molecule has 0 fully saturated rings. The smallest absolute Gasteiger partial charge is 0.213 e. The standard InChI is InChI=1S/C17H26N2O3S/c1-13(2)23(21,22)19-11-5-3-4-10-18-15-7-8-16-14(12-15)6-9-17(16)20/h7-8,12-13,18-19H,3-6,9-11H2,1-2H3. The fraction of sp³-hybridized carbons (Fsp3) is 0.588. The Balaban J connectivity index is 1.62. The lowest BCUT2D eigenvalue weighted by Gasteiger charge is -2.10. The molecule has 5 nitrogen and oxygen atoms in total. The van der Waals surface area contributed by atoms with Gasteiger partial charge in [-0.25, -0.2) is 13.1 Å². The Hall–Kier alpha value is -1.40. The second-order valence-electron chi connectivity index (χ2n) is 6.27. The van der Waals surface area contributed by atoms with E-state index >= 15 is 0 Å². The highest BCUT2D eigenvalue weighted by Gasteiger charge is 2.19. The molecule has 1 aromatic rings. The molecule has 0 saturated carbocycles. The average molecular weight is 338 g/mol. The lowest BCUT2D eigenvalue weighted by Crippen LogP contribution is -2.31. The van der Waals surface area contributed by atoms with Gasteiger partial charge in [0.25, 0.3) is 0 Å². The molecule has 1 aliphatic carbocycles. The summed E-state index contributed by atoms with van der Waals surface area (Å²) >= 11 is 0. The van der Waals surface area contributed by atoms with Gasteiger partial charge in [0.05, 0.1) is 5.25 Å². The number of benzene rings is 1. The lowest BCUT2D eigenvalue weighted by atomic mass is 10.1. The highest BCUT2D eigenvalue weighted by molar-refractivity contribution is 7.90. The quantitative estimate of drug-likeness (QED) is 0.679. The fourth-order valence-corrected chi connectivity index (χ4v) is 3.37. The van der Waals surface area contributed by atoms with E-state index in [-0.39, 0.29) is 11.0 Å². The number of sulfonamides is 1. The Morgan fingerprint density at radius 2 is 1.83 bits per heavy atom. The second-order valence-corrected chi connectivity index (χ2v) is 8.59. The maximum atomic E-state index is 11.6. The SMILES string of the molecule is CC(C)S(=O)(=O)NCCCCCNc1ccc2c(c1)CCC2=O. The third-order valence-corrected chi connectivity index (χ3v) is 5.98.